The van der Waals surface area contributed by atoms with Crippen LogP contribution in [0.1, 0.15) is 30.5 Å². The average molecular weight is 391 g/mol. The molecule has 1 aliphatic rings. The SMILES string of the molecule is COCc1nc2n(n1)CCCC2NS(=O)(=O)c1cccc(Cl)c1Cl. The maximum absolute atomic E-state index is 12.7. The summed E-state index contributed by atoms with van der Waals surface area (Å²) in [5.41, 5.74) is 0. The molecule has 24 heavy (non-hydrogen) atoms. The Morgan fingerprint density at radius 1 is 1.42 bits per heavy atom. The molecule has 10 heteroatoms. The van der Waals surface area contributed by atoms with Crippen LogP contribution >= 0.6 is 23.2 Å². The number of ether oxygens (including phenoxy) is 1. The molecule has 0 spiro atoms. The Morgan fingerprint density at radius 3 is 2.96 bits per heavy atom. The fraction of sp³-hybridized carbons (Fsp3) is 0.429. The summed E-state index contributed by atoms with van der Waals surface area (Å²) >= 11 is 12.0. The molecule has 0 saturated carbocycles. The number of rotatable bonds is 5. The number of benzene rings is 1. The van der Waals surface area contributed by atoms with Crippen LogP contribution in [0.3, 0.4) is 0 Å². The molecule has 130 valence electrons. The van der Waals surface area contributed by atoms with Gasteiger partial charge in [0, 0.05) is 13.7 Å². The zero-order valence-corrected chi connectivity index (χ0v) is 15.2. The van der Waals surface area contributed by atoms with Gasteiger partial charge in [-0.2, -0.15) is 5.10 Å². The minimum Gasteiger partial charge on any atom is -0.377 e. The summed E-state index contributed by atoms with van der Waals surface area (Å²) < 4.78 is 34.8. The third-order valence-electron chi connectivity index (χ3n) is 3.70. The number of aromatic nitrogens is 3. The van der Waals surface area contributed by atoms with Crippen LogP contribution in [0.5, 0.6) is 0 Å². The molecule has 3 rings (SSSR count). The van der Waals surface area contributed by atoms with Crippen LogP contribution in [0.4, 0.5) is 0 Å². The summed E-state index contributed by atoms with van der Waals surface area (Å²) in [4.78, 5) is 4.33. The summed E-state index contributed by atoms with van der Waals surface area (Å²) in [7, 11) is -2.28. The van der Waals surface area contributed by atoms with Crippen LogP contribution in [0.25, 0.3) is 0 Å². The molecule has 0 saturated heterocycles. The highest BCUT2D eigenvalue weighted by molar-refractivity contribution is 7.89. The Morgan fingerprint density at radius 2 is 2.21 bits per heavy atom. The zero-order chi connectivity index (χ0) is 17.3. The number of halogens is 2. The minimum absolute atomic E-state index is 0.00372. The van der Waals surface area contributed by atoms with Crippen molar-refractivity contribution in [3.8, 4) is 0 Å². The molecule has 0 fully saturated rings. The van der Waals surface area contributed by atoms with Gasteiger partial charge in [0.15, 0.2) is 5.82 Å². The molecule has 0 radical (unpaired) electrons. The molecule has 0 amide bonds. The first kappa shape index (κ1) is 17.6. The first-order valence-electron chi connectivity index (χ1n) is 7.31. The van der Waals surface area contributed by atoms with E-state index in [-0.39, 0.29) is 21.5 Å². The highest BCUT2D eigenvalue weighted by atomic mass is 35.5. The van der Waals surface area contributed by atoms with Crippen molar-refractivity contribution in [2.24, 2.45) is 0 Å². The van der Waals surface area contributed by atoms with Crippen LogP contribution in [-0.4, -0.2) is 30.3 Å². The van der Waals surface area contributed by atoms with E-state index >= 15 is 0 Å². The Bertz CT molecular complexity index is 854. The summed E-state index contributed by atoms with van der Waals surface area (Å²) in [6, 6.07) is 4.03. The van der Waals surface area contributed by atoms with Gasteiger partial charge in [0.05, 0.1) is 16.1 Å². The maximum Gasteiger partial charge on any atom is 0.242 e. The number of hydrogen-bond donors (Lipinski definition) is 1. The van der Waals surface area contributed by atoms with Crippen molar-refractivity contribution < 1.29 is 13.2 Å². The van der Waals surface area contributed by atoms with Gasteiger partial charge in [-0.05, 0) is 25.0 Å². The number of nitrogens with one attached hydrogen (secondary N) is 1. The molecular formula is C14H16Cl2N4O3S. The lowest BCUT2D eigenvalue weighted by Gasteiger charge is -2.23. The van der Waals surface area contributed by atoms with E-state index in [1.807, 2.05) is 0 Å². The van der Waals surface area contributed by atoms with Gasteiger partial charge in [0.2, 0.25) is 10.0 Å². The second-order valence-corrected chi connectivity index (χ2v) is 7.88. The van der Waals surface area contributed by atoms with E-state index in [1.54, 1.807) is 17.9 Å². The number of nitrogens with zero attached hydrogens (tertiary/aromatic N) is 3. The molecule has 1 N–H and O–H groups in total. The highest BCUT2D eigenvalue weighted by Crippen LogP contribution is 2.31. The fourth-order valence-electron chi connectivity index (χ4n) is 2.64. The lowest BCUT2D eigenvalue weighted by Crippen LogP contribution is -2.33. The zero-order valence-electron chi connectivity index (χ0n) is 12.9. The summed E-state index contributed by atoms with van der Waals surface area (Å²) in [6.07, 6.45) is 1.42. The van der Waals surface area contributed by atoms with Crippen molar-refractivity contribution in [3.63, 3.8) is 0 Å². The summed E-state index contributed by atoms with van der Waals surface area (Å²) in [5.74, 6) is 1.11. The van der Waals surface area contributed by atoms with Gasteiger partial charge >= 0.3 is 0 Å². The lowest BCUT2D eigenvalue weighted by atomic mass is 10.1. The van der Waals surface area contributed by atoms with Gasteiger partial charge in [0.25, 0.3) is 0 Å². The largest absolute Gasteiger partial charge is 0.377 e. The lowest BCUT2D eigenvalue weighted by molar-refractivity contribution is 0.177. The topological polar surface area (TPSA) is 86.1 Å². The number of hydrogen-bond acceptors (Lipinski definition) is 5. The Balaban J connectivity index is 1.90. The number of aryl methyl sites for hydroxylation is 1. The van der Waals surface area contributed by atoms with Gasteiger partial charge in [0.1, 0.15) is 17.3 Å². The maximum atomic E-state index is 12.7. The first-order valence-corrected chi connectivity index (χ1v) is 9.55. The van der Waals surface area contributed by atoms with E-state index in [4.69, 9.17) is 27.9 Å². The summed E-state index contributed by atoms with van der Waals surface area (Å²) in [6.45, 7) is 0.974. The smallest absolute Gasteiger partial charge is 0.242 e. The minimum atomic E-state index is -3.84. The Hall–Kier alpha value is -1.19. The van der Waals surface area contributed by atoms with Crippen molar-refractivity contribution in [3.05, 3.63) is 39.9 Å². The van der Waals surface area contributed by atoms with E-state index in [2.05, 4.69) is 14.8 Å². The van der Waals surface area contributed by atoms with Crippen LogP contribution in [-0.2, 0) is 27.9 Å². The van der Waals surface area contributed by atoms with E-state index in [1.165, 1.54) is 12.1 Å². The summed E-state index contributed by atoms with van der Waals surface area (Å²) in [5, 5.41) is 4.52. The Kier molecular flexibility index (Phi) is 5.12. The van der Waals surface area contributed by atoms with E-state index < -0.39 is 16.1 Å². The van der Waals surface area contributed by atoms with Gasteiger partial charge in [-0.1, -0.05) is 29.3 Å². The monoisotopic (exact) mass is 390 g/mol. The molecule has 1 unspecified atom stereocenters. The van der Waals surface area contributed by atoms with Crippen LogP contribution in [0, 0.1) is 0 Å². The van der Waals surface area contributed by atoms with E-state index in [0.717, 1.165) is 6.42 Å². The van der Waals surface area contributed by atoms with Crippen molar-refractivity contribution in [1.29, 1.82) is 0 Å². The number of methoxy groups -OCH3 is 1. The molecule has 0 aliphatic carbocycles. The van der Waals surface area contributed by atoms with Crippen molar-refractivity contribution in [1.82, 2.24) is 19.5 Å². The molecular weight excluding hydrogens is 375 g/mol. The van der Waals surface area contributed by atoms with Crippen LogP contribution in [0.15, 0.2) is 23.1 Å². The third kappa shape index (κ3) is 3.43. The van der Waals surface area contributed by atoms with Gasteiger partial charge in [-0.15, -0.1) is 0 Å². The average Bonchev–Trinajstić information content (AvgIpc) is 2.93. The predicted molar refractivity (Wildman–Crippen MR) is 89.5 cm³/mol. The first-order chi connectivity index (χ1) is 11.4. The number of sulfonamides is 1. The Labute approximate surface area is 150 Å². The fourth-order valence-corrected chi connectivity index (χ4v) is 4.63. The van der Waals surface area contributed by atoms with E-state index in [9.17, 15) is 8.42 Å². The van der Waals surface area contributed by atoms with Gasteiger partial charge < -0.3 is 4.74 Å². The van der Waals surface area contributed by atoms with Crippen molar-refractivity contribution in [2.45, 2.75) is 36.9 Å². The molecule has 0 bridgehead atoms. The number of fused-ring (bicyclic) bond motifs is 1. The standard InChI is InChI=1S/C14H16Cl2N4O3S/c1-23-8-12-17-14-10(5-3-7-20(14)18-12)19-24(21,22)11-6-2-4-9(15)13(11)16/h2,4,6,10,19H,3,5,7-8H2,1H3. The predicted octanol–water partition coefficient (Wildman–Crippen LogP) is 2.54. The van der Waals surface area contributed by atoms with Crippen LogP contribution in [0.2, 0.25) is 10.0 Å². The van der Waals surface area contributed by atoms with Crippen molar-refractivity contribution >= 4 is 33.2 Å². The molecule has 1 aromatic heterocycles. The molecule has 7 nitrogen and oxygen atoms in total. The second kappa shape index (κ2) is 6.97. The van der Waals surface area contributed by atoms with Gasteiger partial charge in [-0.25, -0.2) is 22.8 Å². The molecule has 2 heterocycles. The molecule has 2 aromatic rings. The molecule has 1 aliphatic heterocycles. The molecule has 1 atom stereocenters. The molecule has 1 aromatic carbocycles. The van der Waals surface area contributed by atoms with Crippen LogP contribution < -0.4 is 4.72 Å². The normalized spacial score (nSPS) is 17.7. The van der Waals surface area contributed by atoms with Gasteiger partial charge in [-0.3, -0.25) is 0 Å². The highest BCUT2D eigenvalue weighted by Gasteiger charge is 2.30. The third-order valence-corrected chi connectivity index (χ3v) is 6.14. The van der Waals surface area contributed by atoms with E-state index in [0.29, 0.717) is 24.6 Å². The second-order valence-electron chi connectivity index (χ2n) is 5.41. The van der Waals surface area contributed by atoms with Crippen molar-refractivity contribution in [2.75, 3.05) is 7.11 Å². The quantitative estimate of drug-likeness (QED) is 0.847.